The molecule has 1 heterocycles. The van der Waals surface area contributed by atoms with E-state index in [0.717, 1.165) is 17.5 Å². The van der Waals surface area contributed by atoms with E-state index in [1.54, 1.807) is 13.1 Å². The molecule has 1 aliphatic heterocycles. The van der Waals surface area contributed by atoms with Crippen LogP contribution in [0.25, 0.3) is 0 Å². The van der Waals surface area contributed by atoms with E-state index >= 15 is 0 Å². The summed E-state index contributed by atoms with van der Waals surface area (Å²) in [6.45, 7) is 0.760. The van der Waals surface area contributed by atoms with Gasteiger partial charge in [0.1, 0.15) is 0 Å². The van der Waals surface area contributed by atoms with Gasteiger partial charge in [-0.15, -0.1) is 0 Å². The van der Waals surface area contributed by atoms with Gasteiger partial charge in [0.2, 0.25) is 0 Å². The molecule has 1 aromatic carbocycles. The first-order valence-electron chi connectivity index (χ1n) is 5.83. The number of nitrogens with one attached hydrogen (secondary N) is 1. The summed E-state index contributed by atoms with van der Waals surface area (Å²) < 4.78 is 5.61. The van der Waals surface area contributed by atoms with Gasteiger partial charge < -0.3 is 15.2 Å². The molecule has 0 saturated carbocycles. The van der Waals surface area contributed by atoms with Crippen molar-refractivity contribution >= 4 is 5.91 Å². The maximum atomic E-state index is 11.5. The molecular formula is C13H17NO3. The fourth-order valence-corrected chi connectivity index (χ4v) is 2.18. The van der Waals surface area contributed by atoms with Gasteiger partial charge in [-0.25, -0.2) is 0 Å². The summed E-state index contributed by atoms with van der Waals surface area (Å²) in [5.74, 6) is -0.0713. The monoisotopic (exact) mass is 235 g/mol. The Labute approximate surface area is 101 Å². The van der Waals surface area contributed by atoms with Crippen molar-refractivity contribution in [3.05, 3.63) is 34.9 Å². The molecule has 0 fully saturated rings. The number of hydrogen-bond donors (Lipinski definition) is 2. The first kappa shape index (κ1) is 12.1. The minimum absolute atomic E-state index is 0.0394. The number of amides is 1. The van der Waals surface area contributed by atoms with Crippen LogP contribution in [0.15, 0.2) is 18.2 Å². The molecule has 0 spiro atoms. The molecule has 1 aliphatic rings. The molecule has 0 aliphatic carbocycles. The number of fused-ring (bicyclic) bond motifs is 1. The maximum absolute atomic E-state index is 11.5. The van der Waals surface area contributed by atoms with Gasteiger partial charge in [-0.3, -0.25) is 4.79 Å². The summed E-state index contributed by atoms with van der Waals surface area (Å²) in [5.41, 5.74) is 2.92. The Bertz CT molecular complexity index is 417. The summed E-state index contributed by atoms with van der Waals surface area (Å²) in [7, 11) is 1.62. The SMILES string of the molecule is CNC(=O)c1ccc2c(c1)CCO[C@H]2CCO. The number of hydrogen-bond acceptors (Lipinski definition) is 3. The molecule has 0 unspecified atom stereocenters. The highest BCUT2D eigenvalue weighted by atomic mass is 16.5. The fourth-order valence-electron chi connectivity index (χ4n) is 2.18. The Kier molecular flexibility index (Phi) is 3.76. The van der Waals surface area contributed by atoms with E-state index in [-0.39, 0.29) is 18.6 Å². The van der Waals surface area contributed by atoms with Crippen molar-refractivity contribution in [1.82, 2.24) is 5.32 Å². The highest BCUT2D eigenvalue weighted by Gasteiger charge is 2.21. The number of aliphatic hydroxyl groups is 1. The average Bonchev–Trinajstić information content (AvgIpc) is 2.38. The van der Waals surface area contributed by atoms with E-state index in [0.29, 0.717) is 18.6 Å². The van der Waals surface area contributed by atoms with E-state index in [4.69, 9.17) is 9.84 Å². The molecule has 17 heavy (non-hydrogen) atoms. The third-order valence-corrected chi connectivity index (χ3v) is 3.06. The molecule has 92 valence electrons. The molecule has 1 aromatic rings. The van der Waals surface area contributed by atoms with Crippen LogP contribution in [0.5, 0.6) is 0 Å². The standard InChI is InChI=1S/C13H17NO3/c1-14-13(16)10-2-3-11-9(8-10)5-7-17-12(11)4-6-15/h2-3,8,12,15H,4-7H2,1H3,(H,14,16)/t12-/m0/s1. The maximum Gasteiger partial charge on any atom is 0.251 e. The average molecular weight is 235 g/mol. The number of carbonyl (C=O) groups excluding carboxylic acids is 1. The van der Waals surface area contributed by atoms with Crippen LogP contribution < -0.4 is 5.32 Å². The van der Waals surface area contributed by atoms with Crippen molar-refractivity contribution < 1.29 is 14.6 Å². The van der Waals surface area contributed by atoms with E-state index in [9.17, 15) is 4.79 Å². The minimum Gasteiger partial charge on any atom is -0.396 e. The molecule has 0 saturated heterocycles. The van der Waals surface area contributed by atoms with Gasteiger partial charge in [-0.05, 0) is 29.7 Å². The van der Waals surface area contributed by atoms with Crippen LogP contribution in [0.1, 0.15) is 34.0 Å². The van der Waals surface area contributed by atoms with Crippen LogP contribution in [0.2, 0.25) is 0 Å². The van der Waals surface area contributed by atoms with Crippen molar-refractivity contribution in [2.75, 3.05) is 20.3 Å². The number of benzene rings is 1. The first-order chi connectivity index (χ1) is 8.26. The zero-order valence-electron chi connectivity index (χ0n) is 9.90. The second-order valence-electron chi connectivity index (χ2n) is 4.11. The fraction of sp³-hybridized carbons (Fsp3) is 0.462. The Hall–Kier alpha value is -1.39. The topological polar surface area (TPSA) is 58.6 Å². The molecule has 1 amide bonds. The van der Waals surface area contributed by atoms with Crippen molar-refractivity contribution in [1.29, 1.82) is 0 Å². The molecule has 1 atom stereocenters. The lowest BCUT2D eigenvalue weighted by molar-refractivity contribution is 0.0253. The highest BCUT2D eigenvalue weighted by Crippen LogP contribution is 2.30. The third-order valence-electron chi connectivity index (χ3n) is 3.06. The molecule has 4 heteroatoms. The lowest BCUT2D eigenvalue weighted by atomic mass is 9.94. The molecule has 0 radical (unpaired) electrons. The second-order valence-corrected chi connectivity index (χ2v) is 4.11. The van der Waals surface area contributed by atoms with Crippen LogP contribution in [-0.4, -0.2) is 31.3 Å². The van der Waals surface area contributed by atoms with Gasteiger partial charge in [0.15, 0.2) is 0 Å². The van der Waals surface area contributed by atoms with Gasteiger partial charge in [-0.1, -0.05) is 6.07 Å². The van der Waals surface area contributed by atoms with Crippen LogP contribution in [0, 0.1) is 0 Å². The first-order valence-corrected chi connectivity index (χ1v) is 5.83. The minimum atomic E-state index is -0.0713. The molecular weight excluding hydrogens is 218 g/mol. The quantitative estimate of drug-likeness (QED) is 0.823. The largest absolute Gasteiger partial charge is 0.396 e. The summed E-state index contributed by atoms with van der Waals surface area (Å²) in [6.07, 6.45) is 1.39. The van der Waals surface area contributed by atoms with Gasteiger partial charge >= 0.3 is 0 Å². The molecule has 0 aromatic heterocycles. The predicted molar refractivity (Wildman–Crippen MR) is 63.9 cm³/mol. The smallest absolute Gasteiger partial charge is 0.251 e. The number of aliphatic hydroxyl groups excluding tert-OH is 1. The van der Waals surface area contributed by atoms with E-state index in [1.807, 2.05) is 12.1 Å². The van der Waals surface area contributed by atoms with Gasteiger partial charge in [-0.2, -0.15) is 0 Å². The molecule has 2 rings (SSSR count). The van der Waals surface area contributed by atoms with Crippen LogP contribution in [-0.2, 0) is 11.2 Å². The van der Waals surface area contributed by atoms with Crippen molar-refractivity contribution in [2.24, 2.45) is 0 Å². The van der Waals surface area contributed by atoms with Crippen LogP contribution in [0.3, 0.4) is 0 Å². The molecule has 2 N–H and O–H groups in total. The second kappa shape index (κ2) is 5.29. The normalized spacial score (nSPS) is 18.6. The van der Waals surface area contributed by atoms with E-state index in [2.05, 4.69) is 5.32 Å². The van der Waals surface area contributed by atoms with E-state index in [1.165, 1.54) is 0 Å². The number of rotatable bonds is 3. The van der Waals surface area contributed by atoms with Crippen molar-refractivity contribution in [3.63, 3.8) is 0 Å². The van der Waals surface area contributed by atoms with Crippen molar-refractivity contribution in [3.8, 4) is 0 Å². The third kappa shape index (κ3) is 2.48. The summed E-state index contributed by atoms with van der Waals surface area (Å²) in [5, 5.41) is 11.6. The van der Waals surface area contributed by atoms with Gasteiger partial charge in [0.05, 0.1) is 12.7 Å². The lowest BCUT2D eigenvalue weighted by Crippen LogP contribution is -2.21. The summed E-state index contributed by atoms with van der Waals surface area (Å²) >= 11 is 0. The zero-order valence-corrected chi connectivity index (χ0v) is 9.90. The molecule has 0 bridgehead atoms. The number of carbonyl (C=O) groups is 1. The Morgan fingerprint density at radius 2 is 2.41 bits per heavy atom. The Balaban J connectivity index is 2.29. The number of ether oxygens (including phenoxy) is 1. The summed E-state index contributed by atoms with van der Waals surface area (Å²) in [4.78, 5) is 11.5. The van der Waals surface area contributed by atoms with Crippen LogP contribution >= 0.6 is 0 Å². The predicted octanol–water partition coefficient (Wildman–Crippen LogP) is 1.04. The Morgan fingerprint density at radius 1 is 1.59 bits per heavy atom. The van der Waals surface area contributed by atoms with Gasteiger partial charge in [0.25, 0.3) is 5.91 Å². The summed E-state index contributed by atoms with van der Waals surface area (Å²) in [6, 6.07) is 5.65. The molecule has 4 nitrogen and oxygen atoms in total. The van der Waals surface area contributed by atoms with Gasteiger partial charge in [0, 0.05) is 25.6 Å². The van der Waals surface area contributed by atoms with E-state index < -0.39 is 0 Å². The zero-order chi connectivity index (χ0) is 12.3. The van der Waals surface area contributed by atoms with Crippen molar-refractivity contribution in [2.45, 2.75) is 18.9 Å². The Morgan fingerprint density at radius 3 is 3.12 bits per heavy atom. The highest BCUT2D eigenvalue weighted by molar-refractivity contribution is 5.94. The van der Waals surface area contributed by atoms with Crippen LogP contribution in [0.4, 0.5) is 0 Å². The lowest BCUT2D eigenvalue weighted by Gasteiger charge is -2.26.